The lowest BCUT2D eigenvalue weighted by Gasteiger charge is -2.34. The lowest BCUT2D eigenvalue weighted by Crippen LogP contribution is -2.42. The van der Waals surface area contributed by atoms with E-state index in [0.717, 1.165) is 39.0 Å². The fourth-order valence-electron chi connectivity index (χ4n) is 2.85. The number of ether oxygens (including phenoxy) is 1. The smallest absolute Gasteiger partial charge is 0.0864 e. The summed E-state index contributed by atoms with van der Waals surface area (Å²) >= 11 is 0. The summed E-state index contributed by atoms with van der Waals surface area (Å²) in [5, 5.41) is 8.01. The highest BCUT2D eigenvalue weighted by Gasteiger charge is 2.40. The molecule has 2 unspecified atom stereocenters. The molecule has 0 aliphatic carbocycles. The summed E-state index contributed by atoms with van der Waals surface area (Å²) in [5.41, 5.74) is 1.16. The number of nitrogens with zero attached hydrogens (tertiary/aromatic N) is 2. The van der Waals surface area contributed by atoms with Crippen LogP contribution in [0.5, 0.6) is 0 Å². The summed E-state index contributed by atoms with van der Waals surface area (Å²) in [5.74, 6) is 0. The van der Waals surface area contributed by atoms with Crippen molar-refractivity contribution in [2.24, 2.45) is 0 Å². The molecule has 0 radical (unpaired) electrons. The largest absolute Gasteiger partial charge is 0.373 e. The van der Waals surface area contributed by atoms with Gasteiger partial charge < -0.3 is 10.1 Å². The van der Waals surface area contributed by atoms with Crippen LogP contribution in [0.1, 0.15) is 51.8 Å². The normalized spacial score (nSPS) is 25.5. The molecule has 0 amide bonds. The van der Waals surface area contributed by atoms with Crippen molar-refractivity contribution in [3.63, 3.8) is 0 Å². The third kappa shape index (κ3) is 2.59. The molecule has 102 valence electrons. The zero-order valence-corrected chi connectivity index (χ0v) is 11.8. The summed E-state index contributed by atoms with van der Waals surface area (Å²) in [6, 6.07) is 2.36. The SMILES string of the molecule is CCCn1nccc1C(NCC)C1(C)CCCO1. The summed E-state index contributed by atoms with van der Waals surface area (Å²) in [7, 11) is 0. The maximum absolute atomic E-state index is 6.01. The molecule has 18 heavy (non-hydrogen) atoms. The van der Waals surface area contributed by atoms with E-state index in [-0.39, 0.29) is 11.6 Å². The zero-order chi connectivity index (χ0) is 13.0. The molecular formula is C14H25N3O. The summed E-state index contributed by atoms with van der Waals surface area (Å²) < 4.78 is 8.12. The second-order valence-electron chi connectivity index (χ2n) is 5.23. The van der Waals surface area contributed by atoms with Crippen molar-refractivity contribution in [1.29, 1.82) is 0 Å². The predicted octanol–water partition coefficient (Wildman–Crippen LogP) is 2.51. The third-order valence-corrected chi connectivity index (χ3v) is 3.75. The minimum absolute atomic E-state index is 0.0957. The van der Waals surface area contributed by atoms with Gasteiger partial charge in [0.05, 0.1) is 17.3 Å². The van der Waals surface area contributed by atoms with E-state index in [1.807, 2.05) is 6.20 Å². The van der Waals surface area contributed by atoms with Gasteiger partial charge in [-0.15, -0.1) is 0 Å². The van der Waals surface area contributed by atoms with Crippen LogP contribution in [0.2, 0.25) is 0 Å². The van der Waals surface area contributed by atoms with Crippen molar-refractivity contribution in [3.8, 4) is 0 Å². The molecule has 1 aliphatic rings. The Balaban J connectivity index is 2.25. The van der Waals surface area contributed by atoms with E-state index in [0.29, 0.717) is 0 Å². The Bertz CT molecular complexity index is 369. The molecule has 1 aromatic rings. The van der Waals surface area contributed by atoms with E-state index in [1.54, 1.807) is 0 Å². The number of rotatable bonds is 6. The number of hydrogen-bond acceptors (Lipinski definition) is 3. The van der Waals surface area contributed by atoms with Gasteiger partial charge in [0.1, 0.15) is 0 Å². The highest BCUT2D eigenvalue weighted by atomic mass is 16.5. The molecule has 0 aromatic carbocycles. The van der Waals surface area contributed by atoms with Crippen molar-refractivity contribution >= 4 is 0 Å². The van der Waals surface area contributed by atoms with E-state index in [4.69, 9.17) is 4.74 Å². The lowest BCUT2D eigenvalue weighted by molar-refractivity contribution is -0.0144. The molecule has 1 saturated heterocycles. The minimum atomic E-state index is -0.0957. The number of hydrogen-bond donors (Lipinski definition) is 1. The quantitative estimate of drug-likeness (QED) is 0.844. The second kappa shape index (κ2) is 5.85. The van der Waals surface area contributed by atoms with Crippen LogP contribution in [0.4, 0.5) is 0 Å². The Morgan fingerprint density at radius 2 is 2.39 bits per heavy atom. The van der Waals surface area contributed by atoms with Crippen molar-refractivity contribution in [2.75, 3.05) is 13.2 Å². The number of aryl methyl sites for hydroxylation is 1. The summed E-state index contributed by atoms with van der Waals surface area (Å²) in [6.45, 7) is 9.34. The van der Waals surface area contributed by atoms with Crippen LogP contribution in [0.3, 0.4) is 0 Å². The standard InChI is InChI=1S/C14H25N3O/c1-4-10-17-12(7-9-16-17)13(15-5-2)14(3)8-6-11-18-14/h7,9,13,15H,4-6,8,10-11H2,1-3H3. The van der Waals surface area contributed by atoms with Crippen LogP contribution >= 0.6 is 0 Å². The first-order chi connectivity index (χ1) is 8.71. The van der Waals surface area contributed by atoms with Crippen LogP contribution < -0.4 is 5.32 Å². The molecule has 2 atom stereocenters. The Labute approximate surface area is 110 Å². The first-order valence-corrected chi connectivity index (χ1v) is 7.10. The molecule has 1 fully saturated rings. The second-order valence-corrected chi connectivity index (χ2v) is 5.23. The molecule has 0 saturated carbocycles. The Hall–Kier alpha value is -0.870. The molecule has 1 N–H and O–H groups in total. The number of nitrogens with one attached hydrogen (secondary N) is 1. The van der Waals surface area contributed by atoms with Crippen LogP contribution in [0, 0.1) is 0 Å². The van der Waals surface area contributed by atoms with Gasteiger partial charge in [0.15, 0.2) is 0 Å². The van der Waals surface area contributed by atoms with Crippen molar-refractivity contribution in [2.45, 2.75) is 58.2 Å². The molecule has 2 rings (SSSR count). The maximum atomic E-state index is 6.01. The van der Waals surface area contributed by atoms with Crippen molar-refractivity contribution in [1.82, 2.24) is 15.1 Å². The predicted molar refractivity (Wildman–Crippen MR) is 72.5 cm³/mol. The Kier molecular flexibility index (Phi) is 4.40. The van der Waals surface area contributed by atoms with E-state index in [2.05, 4.69) is 41.9 Å². The molecule has 4 nitrogen and oxygen atoms in total. The maximum Gasteiger partial charge on any atom is 0.0864 e. The molecule has 0 bridgehead atoms. The molecule has 2 heterocycles. The van der Waals surface area contributed by atoms with Gasteiger partial charge in [-0.1, -0.05) is 13.8 Å². The molecular weight excluding hydrogens is 226 g/mol. The average Bonchev–Trinajstić information content (AvgIpc) is 2.97. The van der Waals surface area contributed by atoms with Crippen LogP contribution in [0.25, 0.3) is 0 Å². The van der Waals surface area contributed by atoms with Crippen LogP contribution in [-0.2, 0) is 11.3 Å². The molecule has 1 aromatic heterocycles. The third-order valence-electron chi connectivity index (χ3n) is 3.75. The van der Waals surface area contributed by atoms with Gasteiger partial charge in [-0.2, -0.15) is 5.10 Å². The number of aromatic nitrogens is 2. The zero-order valence-electron chi connectivity index (χ0n) is 11.8. The van der Waals surface area contributed by atoms with Gasteiger partial charge in [0.2, 0.25) is 0 Å². The van der Waals surface area contributed by atoms with E-state index >= 15 is 0 Å². The minimum Gasteiger partial charge on any atom is -0.373 e. The monoisotopic (exact) mass is 251 g/mol. The highest BCUT2D eigenvalue weighted by molar-refractivity contribution is 5.13. The van der Waals surface area contributed by atoms with E-state index < -0.39 is 0 Å². The van der Waals surface area contributed by atoms with Gasteiger partial charge in [-0.05, 0) is 38.8 Å². The molecule has 4 heteroatoms. The first kappa shape index (κ1) is 13.6. The lowest BCUT2D eigenvalue weighted by atomic mass is 9.90. The van der Waals surface area contributed by atoms with Gasteiger partial charge in [-0.25, -0.2) is 0 Å². The topological polar surface area (TPSA) is 39.1 Å². The van der Waals surface area contributed by atoms with Gasteiger partial charge in [0.25, 0.3) is 0 Å². The summed E-state index contributed by atoms with van der Waals surface area (Å²) in [4.78, 5) is 0. The number of likely N-dealkylation sites (N-methyl/N-ethyl adjacent to an activating group) is 1. The molecule has 0 spiro atoms. The van der Waals surface area contributed by atoms with E-state index in [9.17, 15) is 0 Å². The van der Waals surface area contributed by atoms with Gasteiger partial charge in [-0.3, -0.25) is 4.68 Å². The van der Waals surface area contributed by atoms with Gasteiger partial charge >= 0.3 is 0 Å². The van der Waals surface area contributed by atoms with Crippen LogP contribution in [0.15, 0.2) is 12.3 Å². The highest BCUT2D eigenvalue weighted by Crippen LogP contribution is 2.37. The van der Waals surface area contributed by atoms with E-state index in [1.165, 1.54) is 5.69 Å². The fourth-order valence-corrected chi connectivity index (χ4v) is 2.85. The van der Waals surface area contributed by atoms with Crippen LogP contribution in [-0.4, -0.2) is 28.5 Å². The van der Waals surface area contributed by atoms with Crippen molar-refractivity contribution < 1.29 is 4.74 Å². The van der Waals surface area contributed by atoms with Crippen molar-refractivity contribution in [3.05, 3.63) is 18.0 Å². The summed E-state index contributed by atoms with van der Waals surface area (Å²) in [6.07, 6.45) is 5.26. The fraction of sp³-hybridized carbons (Fsp3) is 0.786. The Morgan fingerprint density at radius 3 is 3.00 bits per heavy atom. The first-order valence-electron chi connectivity index (χ1n) is 7.10. The Morgan fingerprint density at radius 1 is 1.56 bits per heavy atom. The average molecular weight is 251 g/mol. The van der Waals surface area contributed by atoms with Gasteiger partial charge in [0, 0.05) is 19.3 Å². The molecule has 1 aliphatic heterocycles.